The first-order valence-corrected chi connectivity index (χ1v) is 5.33. The van der Waals surface area contributed by atoms with E-state index in [0.29, 0.717) is 25.2 Å². The van der Waals surface area contributed by atoms with Gasteiger partial charge in [-0.15, -0.1) is 0 Å². The van der Waals surface area contributed by atoms with Crippen LogP contribution < -0.4 is 0 Å². The SMILES string of the molecule is CN1C2CCC1CN(C(=O)C(=O)O)CC2. The number of hydrogen-bond donors (Lipinski definition) is 1. The van der Waals surface area contributed by atoms with Crippen molar-refractivity contribution in [2.45, 2.75) is 31.3 Å². The van der Waals surface area contributed by atoms with Gasteiger partial charge in [0.05, 0.1) is 0 Å². The van der Waals surface area contributed by atoms with E-state index in [2.05, 4.69) is 11.9 Å². The largest absolute Gasteiger partial charge is 0.474 e. The van der Waals surface area contributed by atoms with Gasteiger partial charge in [-0.25, -0.2) is 4.79 Å². The molecule has 1 N–H and O–H groups in total. The third kappa shape index (κ3) is 1.84. The van der Waals surface area contributed by atoms with Crippen LogP contribution in [0.5, 0.6) is 0 Å². The van der Waals surface area contributed by atoms with E-state index in [9.17, 15) is 9.59 Å². The Morgan fingerprint density at radius 3 is 2.53 bits per heavy atom. The summed E-state index contributed by atoms with van der Waals surface area (Å²) in [6.45, 7) is 1.15. The molecule has 1 amide bonds. The van der Waals surface area contributed by atoms with Crippen molar-refractivity contribution in [3.63, 3.8) is 0 Å². The molecule has 0 aromatic carbocycles. The molecule has 2 unspecified atom stereocenters. The number of carbonyl (C=O) groups is 2. The molecule has 0 aromatic rings. The van der Waals surface area contributed by atoms with Gasteiger partial charge in [0, 0.05) is 25.2 Å². The number of rotatable bonds is 0. The Kier molecular flexibility index (Phi) is 2.65. The van der Waals surface area contributed by atoms with E-state index < -0.39 is 11.9 Å². The third-order valence-electron chi connectivity index (χ3n) is 3.62. The molecule has 2 heterocycles. The lowest BCUT2D eigenvalue weighted by Crippen LogP contribution is -2.42. The minimum atomic E-state index is -1.34. The summed E-state index contributed by atoms with van der Waals surface area (Å²) in [5, 5.41) is 8.66. The minimum absolute atomic E-state index is 0.348. The van der Waals surface area contributed by atoms with Crippen molar-refractivity contribution in [3.05, 3.63) is 0 Å². The Balaban J connectivity index is 2.06. The van der Waals surface area contributed by atoms with Crippen LogP contribution in [0.3, 0.4) is 0 Å². The van der Waals surface area contributed by atoms with Crippen LogP contribution in [-0.2, 0) is 9.59 Å². The van der Waals surface area contributed by atoms with Gasteiger partial charge in [0.2, 0.25) is 0 Å². The summed E-state index contributed by atoms with van der Waals surface area (Å²) in [5.41, 5.74) is 0. The van der Waals surface area contributed by atoms with Crippen molar-refractivity contribution in [3.8, 4) is 0 Å². The third-order valence-corrected chi connectivity index (χ3v) is 3.62. The summed E-state index contributed by atoms with van der Waals surface area (Å²) in [4.78, 5) is 25.7. The molecule has 2 rings (SSSR count). The van der Waals surface area contributed by atoms with Gasteiger partial charge in [0.1, 0.15) is 0 Å². The van der Waals surface area contributed by atoms with Crippen LogP contribution in [0.25, 0.3) is 0 Å². The highest BCUT2D eigenvalue weighted by atomic mass is 16.4. The molecule has 5 nitrogen and oxygen atoms in total. The summed E-state index contributed by atoms with van der Waals surface area (Å²) >= 11 is 0. The molecule has 2 saturated heterocycles. The number of nitrogens with zero attached hydrogens (tertiary/aromatic N) is 2. The predicted molar refractivity (Wildman–Crippen MR) is 53.4 cm³/mol. The normalized spacial score (nSPS) is 31.4. The van der Waals surface area contributed by atoms with E-state index >= 15 is 0 Å². The van der Waals surface area contributed by atoms with Gasteiger partial charge >= 0.3 is 11.9 Å². The molecule has 0 spiro atoms. The molecule has 2 fully saturated rings. The quantitative estimate of drug-likeness (QED) is 0.563. The molecule has 2 atom stereocenters. The van der Waals surface area contributed by atoms with Gasteiger partial charge in [-0.3, -0.25) is 9.69 Å². The fraction of sp³-hybridized carbons (Fsp3) is 0.800. The molecule has 2 aliphatic rings. The van der Waals surface area contributed by atoms with Crippen molar-refractivity contribution in [1.29, 1.82) is 0 Å². The summed E-state index contributed by atoms with van der Waals surface area (Å²) in [6.07, 6.45) is 3.15. The molecule has 0 radical (unpaired) electrons. The summed E-state index contributed by atoms with van der Waals surface area (Å²) in [6, 6.07) is 0.877. The van der Waals surface area contributed by atoms with Crippen LogP contribution in [0.4, 0.5) is 0 Å². The Morgan fingerprint density at radius 1 is 1.20 bits per heavy atom. The maximum absolute atomic E-state index is 11.3. The number of carboxylic acids is 1. The molecule has 15 heavy (non-hydrogen) atoms. The zero-order chi connectivity index (χ0) is 11.0. The van der Waals surface area contributed by atoms with E-state index in [0.717, 1.165) is 12.8 Å². The van der Waals surface area contributed by atoms with Crippen molar-refractivity contribution in [1.82, 2.24) is 9.80 Å². The average molecular weight is 212 g/mol. The monoisotopic (exact) mass is 212 g/mol. The van der Waals surface area contributed by atoms with Crippen LogP contribution in [0.1, 0.15) is 19.3 Å². The van der Waals surface area contributed by atoms with Crippen molar-refractivity contribution >= 4 is 11.9 Å². The van der Waals surface area contributed by atoms with Crippen LogP contribution in [0.15, 0.2) is 0 Å². The first-order chi connectivity index (χ1) is 7.09. The van der Waals surface area contributed by atoms with E-state index in [4.69, 9.17) is 5.11 Å². The summed E-state index contributed by atoms with van der Waals surface area (Å²) in [5.74, 6) is -2.09. The van der Waals surface area contributed by atoms with Crippen LogP contribution in [0, 0.1) is 0 Å². The Hall–Kier alpha value is -1.10. The van der Waals surface area contributed by atoms with Gasteiger partial charge in [0.15, 0.2) is 0 Å². The topological polar surface area (TPSA) is 60.9 Å². The second kappa shape index (κ2) is 3.81. The highest BCUT2D eigenvalue weighted by Crippen LogP contribution is 2.28. The van der Waals surface area contributed by atoms with Crippen LogP contribution in [0.2, 0.25) is 0 Å². The lowest BCUT2D eigenvalue weighted by atomic mass is 10.1. The molecule has 84 valence electrons. The maximum Gasteiger partial charge on any atom is 0.394 e. The molecule has 0 aliphatic carbocycles. The molecular weight excluding hydrogens is 196 g/mol. The molecular formula is C10H16N2O3. The van der Waals surface area contributed by atoms with Crippen LogP contribution >= 0.6 is 0 Å². The zero-order valence-electron chi connectivity index (χ0n) is 8.85. The van der Waals surface area contributed by atoms with Crippen LogP contribution in [-0.4, -0.2) is 59.0 Å². The number of aliphatic carboxylic acids is 1. The Bertz CT molecular complexity index is 292. The molecule has 0 aromatic heterocycles. The fourth-order valence-electron chi connectivity index (χ4n) is 2.63. The van der Waals surface area contributed by atoms with Crippen molar-refractivity contribution in [2.75, 3.05) is 20.1 Å². The van der Waals surface area contributed by atoms with Gasteiger partial charge in [-0.05, 0) is 26.3 Å². The van der Waals surface area contributed by atoms with E-state index in [1.165, 1.54) is 11.3 Å². The number of amides is 1. The lowest BCUT2D eigenvalue weighted by Gasteiger charge is -2.24. The van der Waals surface area contributed by atoms with E-state index in [1.807, 2.05) is 0 Å². The number of fused-ring (bicyclic) bond motifs is 2. The summed E-state index contributed by atoms with van der Waals surface area (Å²) in [7, 11) is 2.07. The second-order valence-corrected chi connectivity index (χ2v) is 4.40. The lowest BCUT2D eigenvalue weighted by molar-refractivity contribution is -0.156. The van der Waals surface area contributed by atoms with Crippen molar-refractivity contribution < 1.29 is 14.7 Å². The smallest absolute Gasteiger partial charge is 0.394 e. The van der Waals surface area contributed by atoms with Gasteiger partial charge in [-0.2, -0.15) is 0 Å². The Labute approximate surface area is 88.6 Å². The molecule has 0 saturated carbocycles. The number of hydrogen-bond acceptors (Lipinski definition) is 3. The number of likely N-dealkylation sites (N-methyl/N-ethyl adjacent to an activating group) is 1. The van der Waals surface area contributed by atoms with E-state index in [1.54, 1.807) is 0 Å². The number of likely N-dealkylation sites (tertiary alicyclic amines) is 1. The first kappa shape index (κ1) is 10.4. The standard InChI is InChI=1S/C10H16N2O3/c1-11-7-2-3-8(11)6-12(5-4-7)9(13)10(14)15/h7-8H,2-6H2,1H3,(H,14,15). The second-order valence-electron chi connectivity index (χ2n) is 4.40. The van der Waals surface area contributed by atoms with Gasteiger partial charge in [-0.1, -0.05) is 0 Å². The Morgan fingerprint density at radius 2 is 1.87 bits per heavy atom. The first-order valence-electron chi connectivity index (χ1n) is 5.33. The van der Waals surface area contributed by atoms with Gasteiger partial charge in [0.25, 0.3) is 0 Å². The summed E-state index contributed by atoms with van der Waals surface area (Å²) < 4.78 is 0. The maximum atomic E-state index is 11.3. The molecule has 5 heteroatoms. The molecule has 2 bridgehead atoms. The molecule has 2 aliphatic heterocycles. The number of carboxylic acid groups (broad SMARTS) is 1. The highest BCUT2D eigenvalue weighted by Gasteiger charge is 2.37. The van der Waals surface area contributed by atoms with Gasteiger partial charge < -0.3 is 10.0 Å². The number of carbonyl (C=O) groups excluding carboxylic acids is 1. The van der Waals surface area contributed by atoms with E-state index in [-0.39, 0.29) is 0 Å². The fourth-order valence-corrected chi connectivity index (χ4v) is 2.63. The zero-order valence-corrected chi connectivity index (χ0v) is 8.85. The minimum Gasteiger partial charge on any atom is -0.474 e. The predicted octanol–water partition coefficient (Wildman–Crippen LogP) is -0.234. The highest BCUT2D eigenvalue weighted by molar-refractivity contribution is 6.31. The van der Waals surface area contributed by atoms with Crippen molar-refractivity contribution in [2.24, 2.45) is 0 Å². The average Bonchev–Trinajstić information content (AvgIpc) is 2.40.